The molecule has 0 aromatic carbocycles. The Bertz CT molecular complexity index is 352. The fourth-order valence-corrected chi connectivity index (χ4v) is 1.90. The average Bonchev–Trinajstić information content (AvgIpc) is 2.28. The lowest BCUT2D eigenvalue weighted by molar-refractivity contribution is 0.182. The van der Waals surface area contributed by atoms with Crippen molar-refractivity contribution in [3.8, 4) is 0 Å². The third kappa shape index (κ3) is 5.02. The monoisotopic (exact) mass is 255 g/mol. The SMILES string of the molecule is CCN(Cc1cc(Cl)ccn1)CC(C)(C)CN. The van der Waals surface area contributed by atoms with Crippen molar-refractivity contribution < 1.29 is 0 Å². The fraction of sp³-hybridized carbons (Fsp3) is 0.615. The first-order valence-corrected chi connectivity index (χ1v) is 6.37. The van der Waals surface area contributed by atoms with Gasteiger partial charge in [-0.25, -0.2) is 0 Å². The lowest BCUT2D eigenvalue weighted by Gasteiger charge is -2.30. The summed E-state index contributed by atoms with van der Waals surface area (Å²) in [6.07, 6.45) is 1.75. The number of hydrogen-bond donors (Lipinski definition) is 1. The number of nitrogens with zero attached hydrogens (tertiary/aromatic N) is 2. The van der Waals surface area contributed by atoms with Crippen molar-refractivity contribution in [3.63, 3.8) is 0 Å². The van der Waals surface area contributed by atoms with E-state index in [1.165, 1.54) is 0 Å². The molecule has 1 heterocycles. The predicted molar refractivity (Wildman–Crippen MR) is 73.0 cm³/mol. The van der Waals surface area contributed by atoms with Gasteiger partial charge < -0.3 is 5.73 Å². The van der Waals surface area contributed by atoms with Gasteiger partial charge >= 0.3 is 0 Å². The summed E-state index contributed by atoms with van der Waals surface area (Å²) in [4.78, 5) is 6.66. The summed E-state index contributed by atoms with van der Waals surface area (Å²) in [6.45, 7) is 9.97. The minimum absolute atomic E-state index is 0.134. The van der Waals surface area contributed by atoms with Gasteiger partial charge in [0.2, 0.25) is 0 Å². The Morgan fingerprint density at radius 2 is 2.18 bits per heavy atom. The second-order valence-electron chi connectivity index (χ2n) is 5.14. The van der Waals surface area contributed by atoms with Crippen LogP contribution < -0.4 is 5.73 Å². The van der Waals surface area contributed by atoms with Crippen LogP contribution in [0.5, 0.6) is 0 Å². The lowest BCUT2D eigenvalue weighted by Crippen LogP contribution is -2.38. The highest BCUT2D eigenvalue weighted by molar-refractivity contribution is 6.30. The molecule has 0 saturated heterocycles. The number of pyridine rings is 1. The average molecular weight is 256 g/mol. The summed E-state index contributed by atoms with van der Waals surface area (Å²) in [5.74, 6) is 0. The van der Waals surface area contributed by atoms with E-state index in [4.69, 9.17) is 17.3 Å². The van der Waals surface area contributed by atoms with Crippen molar-refractivity contribution in [3.05, 3.63) is 29.0 Å². The first-order valence-electron chi connectivity index (χ1n) is 5.99. The molecule has 1 rings (SSSR count). The number of halogens is 1. The Kier molecular flexibility index (Phi) is 5.37. The van der Waals surface area contributed by atoms with Crippen LogP contribution in [0.25, 0.3) is 0 Å². The zero-order chi connectivity index (χ0) is 12.9. The lowest BCUT2D eigenvalue weighted by atomic mass is 9.93. The molecular formula is C13H22ClN3. The maximum absolute atomic E-state index is 5.95. The van der Waals surface area contributed by atoms with E-state index in [1.807, 2.05) is 6.07 Å². The van der Waals surface area contributed by atoms with E-state index in [0.29, 0.717) is 6.54 Å². The molecule has 4 heteroatoms. The van der Waals surface area contributed by atoms with Gasteiger partial charge in [0.1, 0.15) is 0 Å². The molecule has 0 aliphatic rings. The largest absolute Gasteiger partial charge is 0.330 e. The third-order valence-corrected chi connectivity index (χ3v) is 3.05. The number of aromatic nitrogens is 1. The predicted octanol–water partition coefficient (Wildman–Crippen LogP) is 2.54. The number of hydrogen-bond acceptors (Lipinski definition) is 3. The molecule has 96 valence electrons. The number of rotatable bonds is 6. The Morgan fingerprint density at radius 1 is 1.47 bits per heavy atom. The van der Waals surface area contributed by atoms with Crippen LogP contribution in [0, 0.1) is 5.41 Å². The minimum Gasteiger partial charge on any atom is -0.330 e. The van der Waals surface area contributed by atoms with Crippen LogP contribution >= 0.6 is 11.6 Å². The van der Waals surface area contributed by atoms with Crippen LogP contribution in [0.15, 0.2) is 18.3 Å². The van der Waals surface area contributed by atoms with Crippen molar-refractivity contribution in [1.29, 1.82) is 0 Å². The quantitative estimate of drug-likeness (QED) is 0.850. The molecule has 0 amide bonds. The molecule has 3 nitrogen and oxygen atoms in total. The Labute approximate surface area is 109 Å². The molecule has 17 heavy (non-hydrogen) atoms. The highest BCUT2D eigenvalue weighted by Crippen LogP contribution is 2.17. The van der Waals surface area contributed by atoms with Gasteiger partial charge in [0.05, 0.1) is 5.69 Å². The van der Waals surface area contributed by atoms with Crippen LogP contribution in [-0.2, 0) is 6.54 Å². The zero-order valence-electron chi connectivity index (χ0n) is 10.9. The molecule has 0 fully saturated rings. The highest BCUT2D eigenvalue weighted by Gasteiger charge is 2.19. The molecule has 0 spiro atoms. The normalized spacial score (nSPS) is 12.1. The molecule has 1 aromatic rings. The molecule has 0 unspecified atom stereocenters. The van der Waals surface area contributed by atoms with E-state index >= 15 is 0 Å². The molecule has 0 bridgehead atoms. The summed E-state index contributed by atoms with van der Waals surface area (Å²) in [6, 6.07) is 3.71. The molecule has 0 radical (unpaired) electrons. The van der Waals surface area contributed by atoms with E-state index in [9.17, 15) is 0 Å². The van der Waals surface area contributed by atoms with Crippen LogP contribution in [-0.4, -0.2) is 29.5 Å². The summed E-state index contributed by atoms with van der Waals surface area (Å²) >= 11 is 5.95. The van der Waals surface area contributed by atoms with E-state index < -0.39 is 0 Å². The van der Waals surface area contributed by atoms with E-state index in [-0.39, 0.29) is 5.41 Å². The summed E-state index contributed by atoms with van der Waals surface area (Å²) in [7, 11) is 0. The Balaban J connectivity index is 2.64. The van der Waals surface area contributed by atoms with Crippen LogP contribution in [0.3, 0.4) is 0 Å². The standard InChI is InChI=1S/C13H22ClN3/c1-4-17(10-13(2,3)9-15)8-12-7-11(14)5-6-16-12/h5-7H,4,8-10,15H2,1-3H3. The van der Waals surface area contributed by atoms with Gasteiger partial charge in [0.25, 0.3) is 0 Å². The molecule has 0 saturated carbocycles. The first-order chi connectivity index (χ1) is 7.96. The second-order valence-corrected chi connectivity index (χ2v) is 5.57. The van der Waals surface area contributed by atoms with E-state index in [1.54, 1.807) is 12.3 Å². The van der Waals surface area contributed by atoms with Crippen molar-refractivity contribution in [1.82, 2.24) is 9.88 Å². The maximum atomic E-state index is 5.95. The molecule has 0 aliphatic heterocycles. The summed E-state index contributed by atoms with van der Waals surface area (Å²) < 4.78 is 0. The van der Waals surface area contributed by atoms with E-state index in [2.05, 4.69) is 30.7 Å². The van der Waals surface area contributed by atoms with Crippen molar-refractivity contribution in [2.45, 2.75) is 27.3 Å². The summed E-state index contributed by atoms with van der Waals surface area (Å²) in [5.41, 5.74) is 6.90. The summed E-state index contributed by atoms with van der Waals surface area (Å²) in [5, 5.41) is 0.740. The topological polar surface area (TPSA) is 42.2 Å². The zero-order valence-corrected chi connectivity index (χ0v) is 11.7. The molecule has 2 N–H and O–H groups in total. The molecular weight excluding hydrogens is 234 g/mol. The van der Waals surface area contributed by atoms with Gasteiger partial charge in [-0.2, -0.15) is 0 Å². The van der Waals surface area contributed by atoms with E-state index in [0.717, 1.165) is 30.4 Å². The fourth-order valence-electron chi connectivity index (χ4n) is 1.71. The van der Waals surface area contributed by atoms with Gasteiger partial charge in [-0.1, -0.05) is 32.4 Å². The van der Waals surface area contributed by atoms with Crippen molar-refractivity contribution in [2.24, 2.45) is 11.1 Å². The van der Waals surface area contributed by atoms with Crippen molar-refractivity contribution >= 4 is 11.6 Å². The second kappa shape index (κ2) is 6.34. The maximum Gasteiger partial charge on any atom is 0.0558 e. The molecule has 1 aromatic heterocycles. The van der Waals surface area contributed by atoms with Gasteiger partial charge in [-0.05, 0) is 30.6 Å². The van der Waals surface area contributed by atoms with Crippen LogP contribution in [0.2, 0.25) is 5.02 Å². The van der Waals surface area contributed by atoms with Crippen LogP contribution in [0.4, 0.5) is 0 Å². The Morgan fingerprint density at radius 3 is 2.71 bits per heavy atom. The van der Waals surface area contributed by atoms with Gasteiger partial charge in [0.15, 0.2) is 0 Å². The Hall–Kier alpha value is -0.640. The van der Waals surface area contributed by atoms with Crippen LogP contribution in [0.1, 0.15) is 26.5 Å². The first kappa shape index (κ1) is 14.4. The van der Waals surface area contributed by atoms with Gasteiger partial charge in [-0.3, -0.25) is 9.88 Å². The minimum atomic E-state index is 0.134. The smallest absolute Gasteiger partial charge is 0.0558 e. The van der Waals surface area contributed by atoms with Crippen molar-refractivity contribution in [2.75, 3.05) is 19.6 Å². The number of nitrogens with two attached hydrogens (primary N) is 1. The third-order valence-electron chi connectivity index (χ3n) is 2.82. The highest BCUT2D eigenvalue weighted by atomic mass is 35.5. The molecule has 0 aliphatic carbocycles. The van der Waals surface area contributed by atoms with Gasteiger partial charge in [0, 0.05) is 24.3 Å². The van der Waals surface area contributed by atoms with Gasteiger partial charge in [-0.15, -0.1) is 0 Å². The molecule has 0 atom stereocenters.